The number of hydrogen-bond acceptors (Lipinski definition) is 5. The lowest BCUT2D eigenvalue weighted by molar-refractivity contribution is -0.125. The monoisotopic (exact) mass is 528 g/mol. The number of imidazole rings is 1. The lowest BCUT2D eigenvalue weighted by Crippen LogP contribution is -2.38. The lowest BCUT2D eigenvalue weighted by Gasteiger charge is -2.35. The average Bonchev–Trinajstić information content (AvgIpc) is 3.31. The summed E-state index contributed by atoms with van der Waals surface area (Å²) in [5.74, 6) is 2.52. The third kappa shape index (κ3) is 5.28. The molecule has 6 nitrogen and oxygen atoms in total. The van der Waals surface area contributed by atoms with Crippen molar-refractivity contribution < 1.29 is 9.53 Å². The number of halogens is 2. The summed E-state index contributed by atoms with van der Waals surface area (Å²) in [7, 11) is 0. The maximum Gasteiger partial charge on any atom is 0.138 e. The number of pyridine rings is 1. The molecule has 0 spiro atoms. The number of nitrogens with two attached hydrogens (primary N) is 1. The Morgan fingerprint density at radius 3 is 2.58 bits per heavy atom. The van der Waals surface area contributed by atoms with Crippen LogP contribution in [0.15, 0.2) is 36.7 Å². The highest BCUT2D eigenvalue weighted by Crippen LogP contribution is 2.35. The summed E-state index contributed by atoms with van der Waals surface area (Å²) in [6, 6.07) is 7.57. The molecule has 2 fully saturated rings. The number of benzene rings is 1. The molecule has 0 bridgehead atoms. The van der Waals surface area contributed by atoms with E-state index in [1.807, 2.05) is 24.4 Å². The van der Waals surface area contributed by atoms with Crippen molar-refractivity contribution in [2.24, 2.45) is 23.5 Å². The smallest absolute Gasteiger partial charge is 0.138 e. The van der Waals surface area contributed by atoms with E-state index in [9.17, 15) is 4.79 Å². The number of carbonyl (C=O) groups is 1. The van der Waals surface area contributed by atoms with Crippen LogP contribution in [-0.2, 0) is 16.1 Å². The molecule has 192 valence electrons. The van der Waals surface area contributed by atoms with E-state index in [0.717, 1.165) is 80.1 Å². The zero-order valence-corrected chi connectivity index (χ0v) is 22.3. The predicted molar refractivity (Wildman–Crippen MR) is 146 cm³/mol. The molecule has 2 aromatic heterocycles. The van der Waals surface area contributed by atoms with Crippen LogP contribution in [0, 0.1) is 17.8 Å². The van der Waals surface area contributed by atoms with Gasteiger partial charge < -0.3 is 15.4 Å². The van der Waals surface area contributed by atoms with Gasteiger partial charge in [0.05, 0.1) is 6.20 Å². The third-order valence-corrected chi connectivity index (χ3v) is 8.61. The minimum atomic E-state index is 0.114. The molecule has 2 saturated heterocycles. The van der Waals surface area contributed by atoms with Crippen LogP contribution in [0.2, 0.25) is 10.0 Å². The van der Waals surface area contributed by atoms with Gasteiger partial charge in [0.25, 0.3) is 0 Å². The standard InChI is InChI=1S/C28H34Cl2N4O2/c1-18(26(35)12-19-6-10-36-11-7-19)20-4-8-33(9-5-20)28-16-32-27-13-21(15-31)24(17-34(27)28)23-3-2-22(29)14-25(23)30/h2-3,13-14,16-20H,4-12,15,31H2,1H3/t18-/m0/s1. The van der Waals surface area contributed by atoms with E-state index in [-0.39, 0.29) is 5.92 Å². The van der Waals surface area contributed by atoms with Crippen molar-refractivity contribution >= 4 is 40.5 Å². The van der Waals surface area contributed by atoms with E-state index in [1.165, 1.54) is 0 Å². The van der Waals surface area contributed by atoms with Crippen LogP contribution in [0.3, 0.4) is 0 Å². The van der Waals surface area contributed by atoms with Crippen molar-refractivity contribution in [1.29, 1.82) is 0 Å². The van der Waals surface area contributed by atoms with Gasteiger partial charge in [0.15, 0.2) is 0 Å². The molecule has 5 rings (SSSR count). The highest BCUT2D eigenvalue weighted by Gasteiger charge is 2.30. The van der Waals surface area contributed by atoms with Gasteiger partial charge in [0.1, 0.15) is 17.2 Å². The Bertz CT molecular complexity index is 1230. The SMILES string of the molecule is C[C@H](C(=O)CC1CCOCC1)C1CCN(c2cnc3cc(CN)c(-c4ccc(Cl)cc4Cl)cn23)CC1. The Hall–Kier alpha value is -2.12. The average molecular weight is 530 g/mol. The molecular formula is C28H34Cl2N4O2. The topological polar surface area (TPSA) is 72.9 Å². The molecule has 0 radical (unpaired) electrons. The number of carbonyl (C=O) groups excluding carboxylic acids is 1. The number of Topliss-reactive ketones (excluding diaryl/α,β-unsaturated/α-hetero) is 1. The van der Waals surface area contributed by atoms with Crippen molar-refractivity contribution in [3.05, 3.63) is 52.3 Å². The summed E-state index contributed by atoms with van der Waals surface area (Å²) in [6.07, 6.45) is 8.76. The van der Waals surface area contributed by atoms with Crippen LogP contribution in [0.4, 0.5) is 5.82 Å². The first-order valence-electron chi connectivity index (χ1n) is 13.0. The fourth-order valence-corrected chi connectivity index (χ4v) is 6.23. The molecule has 2 N–H and O–H groups in total. The van der Waals surface area contributed by atoms with Crippen LogP contribution in [0.1, 0.15) is 44.6 Å². The Morgan fingerprint density at radius 2 is 1.89 bits per heavy atom. The molecule has 1 aromatic carbocycles. The third-order valence-electron chi connectivity index (χ3n) is 8.06. The molecule has 3 aromatic rings. The zero-order chi connectivity index (χ0) is 25.2. The first-order chi connectivity index (χ1) is 17.4. The van der Waals surface area contributed by atoms with Gasteiger partial charge in [-0.05, 0) is 61.3 Å². The van der Waals surface area contributed by atoms with E-state index < -0.39 is 0 Å². The van der Waals surface area contributed by atoms with Gasteiger partial charge in [0, 0.05) is 72.6 Å². The number of nitrogens with zero attached hydrogens (tertiary/aromatic N) is 3. The first kappa shape index (κ1) is 25.5. The number of piperidine rings is 1. The number of anilines is 1. The van der Waals surface area contributed by atoms with E-state index in [2.05, 4.69) is 27.4 Å². The fourth-order valence-electron chi connectivity index (χ4n) is 5.72. The lowest BCUT2D eigenvalue weighted by atomic mass is 9.79. The van der Waals surface area contributed by atoms with Gasteiger partial charge >= 0.3 is 0 Å². The van der Waals surface area contributed by atoms with Gasteiger partial charge in [-0.3, -0.25) is 9.20 Å². The van der Waals surface area contributed by atoms with Gasteiger partial charge in [-0.15, -0.1) is 0 Å². The number of fused-ring (bicyclic) bond motifs is 1. The van der Waals surface area contributed by atoms with Gasteiger partial charge in [-0.1, -0.05) is 36.2 Å². The van der Waals surface area contributed by atoms with Gasteiger partial charge in [-0.2, -0.15) is 0 Å². The van der Waals surface area contributed by atoms with Crippen LogP contribution in [-0.4, -0.2) is 41.5 Å². The summed E-state index contributed by atoms with van der Waals surface area (Å²) in [4.78, 5) is 20.0. The summed E-state index contributed by atoms with van der Waals surface area (Å²) in [6.45, 7) is 5.92. The molecule has 0 aliphatic carbocycles. The first-order valence-corrected chi connectivity index (χ1v) is 13.7. The van der Waals surface area contributed by atoms with E-state index in [4.69, 9.17) is 33.7 Å². The Balaban J connectivity index is 1.31. The molecule has 36 heavy (non-hydrogen) atoms. The van der Waals surface area contributed by atoms with E-state index in [1.54, 1.807) is 6.07 Å². The summed E-state index contributed by atoms with van der Waals surface area (Å²) in [5.41, 5.74) is 9.81. The summed E-state index contributed by atoms with van der Waals surface area (Å²) >= 11 is 12.7. The number of ketones is 1. The quantitative estimate of drug-likeness (QED) is 0.406. The zero-order valence-electron chi connectivity index (χ0n) is 20.8. The molecule has 0 unspecified atom stereocenters. The predicted octanol–water partition coefficient (Wildman–Crippen LogP) is 6.01. The number of ether oxygens (including phenoxy) is 1. The van der Waals surface area contributed by atoms with Gasteiger partial charge in [0.2, 0.25) is 0 Å². The normalized spacial score (nSPS) is 18.6. The van der Waals surface area contributed by atoms with E-state index in [0.29, 0.717) is 40.6 Å². The molecule has 8 heteroatoms. The summed E-state index contributed by atoms with van der Waals surface area (Å²) in [5, 5.41) is 1.20. The van der Waals surface area contributed by atoms with Crippen LogP contribution >= 0.6 is 23.2 Å². The maximum atomic E-state index is 13.0. The molecule has 2 aliphatic rings. The number of hydrogen-bond donors (Lipinski definition) is 1. The molecule has 1 atom stereocenters. The Kier molecular flexibility index (Phi) is 7.87. The van der Waals surface area contributed by atoms with Crippen molar-refractivity contribution in [2.45, 2.75) is 45.6 Å². The van der Waals surface area contributed by atoms with Crippen molar-refractivity contribution in [1.82, 2.24) is 9.38 Å². The molecular weight excluding hydrogens is 495 g/mol. The largest absolute Gasteiger partial charge is 0.381 e. The second-order valence-electron chi connectivity index (χ2n) is 10.2. The summed E-state index contributed by atoms with van der Waals surface area (Å²) < 4.78 is 7.57. The van der Waals surface area contributed by atoms with Crippen molar-refractivity contribution in [3.8, 4) is 11.1 Å². The molecule has 0 amide bonds. The number of rotatable bonds is 7. The highest BCUT2D eigenvalue weighted by atomic mass is 35.5. The van der Waals surface area contributed by atoms with Crippen LogP contribution < -0.4 is 10.6 Å². The maximum absolute atomic E-state index is 13.0. The Labute approximate surface area is 222 Å². The van der Waals surface area contributed by atoms with E-state index >= 15 is 0 Å². The van der Waals surface area contributed by atoms with Crippen molar-refractivity contribution in [3.63, 3.8) is 0 Å². The molecule has 0 saturated carbocycles. The van der Waals surface area contributed by atoms with Crippen LogP contribution in [0.5, 0.6) is 0 Å². The van der Waals surface area contributed by atoms with Crippen LogP contribution in [0.25, 0.3) is 16.8 Å². The Morgan fingerprint density at radius 1 is 1.14 bits per heavy atom. The minimum Gasteiger partial charge on any atom is -0.381 e. The highest BCUT2D eigenvalue weighted by molar-refractivity contribution is 6.36. The minimum absolute atomic E-state index is 0.114. The molecule has 2 aliphatic heterocycles. The fraction of sp³-hybridized carbons (Fsp3) is 0.500. The van der Waals surface area contributed by atoms with Gasteiger partial charge in [-0.25, -0.2) is 4.98 Å². The number of aromatic nitrogens is 2. The second kappa shape index (κ2) is 11.1. The molecule has 4 heterocycles. The van der Waals surface area contributed by atoms with Crippen molar-refractivity contribution in [2.75, 3.05) is 31.2 Å². The second-order valence-corrected chi connectivity index (χ2v) is 11.1.